The largest absolute Gasteiger partial charge is 0.396 e. The lowest BCUT2D eigenvalue weighted by molar-refractivity contribution is -0.121. The fourth-order valence-electron chi connectivity index (χ4n) is 1.57. The normalized spacial score (nSPS) is 12.2. The van der Waals surface area contributed by atoms with Gasteiger partial charge in [-0.1, -0.05) is 6.07 Å². The lowest BCUT2D eigenvalue weighted by Gasteiger charge is -2.12. The fraction of sp³-hybridized carbons (Fsp3) is 0.462. The Balaban J connectivity index is 2.40. The lowest BCUT2D eigenvalue weighted by Crippen LogP contribution is -2.33. The number of nitrogens with one attached hydrogen (secondary N) is 1. The summed E-state index contributed by atoms with van der Waals surface area (Å²) in [5, 5.41) is 11.4. The third-order valence-electron chi connectivity index (χ3n) is 2.59. The van der Waals surface area contributed by atoms with Crippen LogP contribution in [0, 0.1) is 11.6 Å². The first-order valence-corrected chi connectivity index (χ1v) is 5.87. The number of carbonyl (C=O) groups excluding carboxylic acids is 1. The van der Waals surface area contributed by atoms with Crippen LogP contribution in [-0.2, 0) is 11.2 Å². The number of hydrogen-bond acceptors (Lipinski definition) is 2. The zero-order chi connectivity index (χ0) is 13.5. The molecule has 1 amide bonds. The molecule has 1 unspecified atom stereocenters. The molecule has 3 nitrogen and oxygen atoms in total. The minimum atomic E-state index is -0.901. The van der Waals surface area contributed by atoms with Gasteiger partial charge in [-0.15, -0.1) is 0 Å². The Hall–Kier alpha value is -1.49. The van der Waals surface area contributed by atoms with Crippen molar-refractivity contribution in [3.63, 3.8) is 0 Å². The highest BCUT2D eigenvalue weighted by Crippen LogP contribution is 2.10. The van der Waals surface area contributed by atoms with Crippen LogP contribution < -0.4 is 5.32 Å². The number of halogens is 2. The van der Waals surface area contributed by atoms with Crippen molar-refractivity contribution >= 4 is 5.91 Å². The smallest absolute Gasteiger partial charge is 0.220 e. The molecule has 0 aliphatic heterocycles. The summed E-state index contributed by atoms with van der Waals surface area (Å²) in [5.41, 5.74) is 0.582. The number of aliphatic hydroxyl groups excluding tert-OH is 1. The van der Waals surface area contributed by atoms with E-state index < -0.39 is 11.6 Å². The summed E-state index contributed by atoms with van der Waals surface area (Å²) in [5.74, 6) is -1.96. The highest BCUT2D eigenvalue weighted by molar-refractivity contribution is 5.76. The van der Waals surface area contributed by atoms with Crippen molar-refractivity contribution in [2.75, 3.05) is 6.61 Å². The van der Waals surface area contributed by atoms with Crippen LogP contribution in [0.1, 0.15) is 25.3 Å². The van der Waals surface area contributed by atoms with Crippen molar-refractivity contribution in [3.05, 3.63) is 35.4 Å². The summed E-state index contributed by atoms with van der Waals surface area (Å²) in [4.78, 5) is 11.5. The molecule has 0 aromatic heterocycles. The maximum atomic E-state index is 12.9. The van der Waals surface area contributed by atoms with Crippen LogP contribution >= 0.6 is 0 Å². The van der Waals surface area contributed by atoms with Gasteiger partial charge < -0.3 is 10.4 Å². The van der Waals surface area contributed by atoms with Crippen molar-refractivity contribution in [1.82, 2.24) is 5.32 Å². The van der Waals surface area contributed by atoms with Crippen LogP contribution in [0.3, 0.4) is 0 Å². The number of carbonyl (C=O) groups is 1. The van der Waals surface area contributed by atoms with Crippen molar-refractivity contribution < 1.29 is 18.7 Å². The zero-order valence-corrected chi connectivity index (χ0v) is 10.2. The standard InChI is InChI=1S/C13H17F2NO2/c1-9(6-7-17)16-13(18)5-3-10-2-4-11(14)12(15)8-10/h2,4,8-9,17H,3,5-7H2,1H3,(H,16,18). The Kier molecular flexibility index (Phi) is 5.71. The summed E-state index contributed by atoms with van der Waals surface area (Å²) in [6, 6.07) is 3.52. The molecule has 0 heterocycles. The molecule has 0 fully saturated rings. The van der Waals surface area contributed by atoms with Gasteiger partial charge in [-0.05, 0) is 37.5 Å². The van der Waals surface area contributed by atoms with Gasteiger partial charge >= 0.3 is 0 Å². The van der Waals surface area contributed by atoms with E-state index in [0.717, 1.165) is 12.1 Å². The monoisotopic (exact) mass is 257 g/mol. The maximum absolute atomic E-state index is 12.9. The van der Waals surface area contributed by atoms with Crippen molar-refractivity contribution in [1.29, 1.82) is 0 Å². The quantitative estimate of drug-likeness (QED) is 0.816. The minimum absolute atomic E-state index is 0.0185. The SMILES string of the molecule is CC(CCO)NC(=O)CCc1ccc(F)c(F)c1. The van der Waals surface area contributed by atoms with Gasteiger partial charge in [0, 0.05) is 19.1 Å². The Labute approximate surface area is 105 Å². The molecular weight excluding hydrogens is 240 g/mol. The molecule has 0 spiro atoms. The van der Waals surface area contributed by atoms with E-state index >= 15 is 0 Å². The number of amides is 1. The van der Waals surface area contributed by atoms with Crippen LogP contribution in [0.25, 0.3) is 0 Å². The number of rotatable bonds is 6. The summed E-state index contributed by atoms with van der Waals surface area (Å²) in [6.07, 6.45) is 1.06. The van der Waals surface area contributed by atoms with Gasteiger partial charge in [0.1, 0.15) is 0 Å². The molecule has 100 valence electrons. The van der Waals surface area contributed by atoms with E-state index in [1.54, 1.807) is 6.92 Å². The van der Waals surface area contributed by atoms with Crippen LogP contribution in [0.5, 0.6) is 0 Å². The predicted octanol–water partition coefficient (Wildman–Crippen LogP) is 1.78. The molecule has 5 heteroatoms. The van der Waals surface area contributed by atoms with Crippen LogP contribution in [0.2, 0.25) is 0 Å². The Morgan fingerprint density at radius 3 is 2.72 bits per heavy atom. The van der Waals surface area contributed by atoms with Gasteiger partial charge in [0.05, 0.1) is 0 Å². The molecule has 1 atom stereocenters. The molecule has 1 aromatic carbocycles. The predicted molar refractivity (Wildman–Crippen MR) is 64.0 cm³/mol. The number of hydrogen-bond donors (Lipinski definition) is 2. The van der Waals surface area contributed by atoms with Gasteiger partial charge in [0.2, 0.25) is 5.91 Å². The molecule has 0 saturated heterocycles. The average molecular weight is 257 g/mol. The summed E-state index contributed by atoms with van der Waals surface area (Å²) < 4.78 is 25.6. The summed E-state index contributed by atoms with van der Waals surface area (Å²) in [6.45, 7) is 1.82. The Bertz CT molecular complexity index is 410. The van der Waals surface area contributed by atoms with Crippen LogP contribution in [0.4, 0.5) is 8.78 Å². The second kappa shape index (κ2) is 7.06. The lowest BCUT2D eigenvalue weighted by atomic mass is 10.1. The van der Waals surface area contributed by atoms with Crippen LogP contribution in [0.15, 0.2) is 18.2 Å². The van der Waals surface area contributed by atoms with E-state index in [1.165, 1.54) is 6.07 Å². The van der Waals surface area contributed by atoms with Crippen molar-refractivity contribution in [2.24, 2.45) is 0 Å². The number of aliphatic hydroxyl groups is 1. The first-order chi connectivity index (χ1) is 8.52. The molecule has 18 heavy (non-hydrogen) atoms. The molecule has 0 bridgehead atoms. The van der Waals surface area contributed by atoms with E-state index in [4.69, 9.17) is 5.11 Å². The average Bonchev–Trinajstić information content (AvgIpc) is 2.31. The first-order valence-electron chi connectivity index (χ1n) is 5.87. The van der Waals surface area contributed by atoms with E-state index in [1.807, 2.05) is 0 Å². The third kappa shape index (κ3) is 4.79. The summed E-state index contributed by atoms with van der Waals surface area (Å²) >= 11 is 0. The molecule has 0 saturated carbocycles. The van der Waals surface area contributed by atoms with Gasteiger partial charge in [-0.2, -0.15) is 0 Å². The molecule has 0 aliphatic carbocycles. The Morgan fingerprint density at radius 2 is 2.11 bits per heavy atom. The second-order valence-electron chi connectivity index (χ2n) is 4.23. The number of aryl methyl sites for hydroxylation is 1. The molecular formula is C13H17F2NO2. The van der Waals surface area contributed by atoms with Gasteiger partial charge in [-0.25, -0.2) is 8.78 Å². The zero-order valence-electron chi connectivity index (χ0n) is 10.2. The van der Waals surface area contributed by atoms with Gasteiger partial charge in [-0.3, -0.25) is 4.79 Å². The summed E-state index contributed by atoms with van der Waals surface area (Å²) in [7, 11) is 0. The van der Waals surface area contributed by atoms with Crippen LogP contribution in [-0.4, -0.2) is 23.7 Å². The van der Waals surface area contributed by atoms with Gasteiger partial charge in [0.15, 0.2) is 11.6 Å². The molecule has 0 radical (unpaired) electrons. The maximum Gasteiger partial charge on any atom is 0.220 e. The van der Waals surface area contributed by atoms with E-state index in [0.29, 0.717) is 18.4 Å². The fourth-order valence-corrected chi connectivity index (χ4v) is 1.57. The number of benzene rings is 1. The molecule has 1 aromatic rings. The first kappa shape index (κ1) is 14.6. The molecule has 2 N–H and O–H groups in total. The van der Waals surface area contributed by atoms with E-state index in [9.17, 15) is 13.6 Å². The van der Waals surface area contributed by atoms with Crippen molar-refractivity contribution in [2.45, 2.75) is 32.2 Å². The topological polar surface area (TPSA) is 49.3 Å². The van der Waals surface area contributed by atoms with E-state index in [-0.39, 0.29) is 25.0 Å². The second-order valence-corrected chi connectivity index (χ2v) is 4.23. The third-order valence-corrected chi connectivity index (χ3v) is 2.59. The van der Waals surface area contributed by atoms with Gasteiger partial charge in [0.25, 0.3) is 0 Å². The van der Waals surface area contributed by atoms with E-state index in [2.05, 4.69) is 5.32 Å². The Morgan fingerprint density at radius 1 is 1.39 bits per heavy atom. The highest BCUT2D eigenvalue weighted by atomic mass is 19.2. The highest BCUT2D eigenvalue weighted by Gasteiger charge is 2.08. The minimum Gasteiger partial charge on any atom is -0.396 e. The molecule has 0 aliphatic rings. The van der Waals surface area contributed by atoms with Crippen molar-refractivity contribution in [3.8, 4) is 0 Å². The molecule has 1 rings (SSSR count).